The molecule has 0 saturated carbocycles. The van der Waals surface area contributed by atoms with E-state index in [0.717, 1.165) is 52.0 Å². The molecule has 4 aromatic rings. The Balaban J connectivity index is 1.15. The summed E-state index contributed by atoms with van der Waals surface area (Å²) in [4.78, 5) is 27.3. The van der Waals surface area contributed by atoms with E-state index in [-0.39, 0.29) is 5.91 Å². The Morgan fingerprint density at radius 2 is 1.84 bits per heavy atom. The van der Waals surface area contributed by atoms with Gasteiger partial charge in [0.25, 0.3) is 5.91 Å². The largest absolute Gasteiger partial charge is 0.357 e. The van der Waals surface area contributed by atoms with Crippen molar-refractivity contribution in [2.24, 2.45) is 0 Å². The fraction of sp³-hybridized carbons (Fsp3) is 0.240. The van der Waals surface area contributed by atoms with Gasteiger partial charge in [-0.2, -0.15) is 0 Å². The number of carbonyl (C=O) groups excluding carboxylic acids is 1. The normalized spacial score (nSPS) is 13.6. The highest BCUT2D eigenvalue weighted by molar-refractivity contribution is 7.98. The van der Waals surface area contributed by atoms with Gasteiger partial charge >= 0.3 is 0 Å². The third-order valence-electron chi connectivity index (χ3n) is 5.65. The second-order valence-electron chi connectivity index (χ2n) is 7.94. The van der Waals surface area contributed by atoms with Gasteiger partial charge in [-0.25, -0.2) is 9.97 Å². The molecule has 0 spiro atoms. The summed E-state index contributed by atoms with van der Waals surface area (Å²) in [6.45, 7) is 2.61. The van der Waals surface area contributed by atoms with E-state index in [1.807, 2.05) is 60.8 Å². The van der Waals surface area contributed by atoms with Crippen molar-refractivity contribution in [3.8, 4) is 0 Å². The molecule has 1 fully saturated rings. The minimum atomic E-state index is -0.0685. The summed E-state index contributed by atoms with van der Waals surface area (Å²) in [5.41, 5.74) is 4.90. The van der Waals surface area contributed by atoms with Crippen LogP contribution in [-0.2, 0) is 12.3 Å². The van der Waals surface area contributed by atoms with Crippen molar-refractivity contribution in [1.82, 2.24) is 20.3 Å². The minimum absolute atomic E-state index is 0.0685. The summed E-state index contributed by atoms with van der Waals surface area (Å²) in [5.74, 6) is 1.72. The molecule has 5 rings (SSSR count). The van der Waals surface area contributed by atoms with Gasteiger partial charge in [0.05, 0.1) is 11.0 Å². The van der Waals surface area contributed by atoms with Gasteiger partial charge in [-0.3, -0.25) is 4.79 Å². The first-order valence-electron chi connectivity index (χ1n) is 10.9. The van der Waals surface area contributed by atoms with Crippen molar-refractivity contribution in [2.45, 2.75) is 30.3 Å². The van der Waals surface area contributed by atoms with Crippen molar-refractivity contribution in [2.75, 3.05) is 18.0 Å². The summed E-state index contributed by atoms with van der Waals surface area (Å²) in [5, 5.41) is 3.92. The summed E-state index contributed by atoms with van der Waals surface area (Å²) in [6.07, 6.45) is 4.26. The van der Waals surface area contributed by atoms with Crippen LogP contribution in [0.2, 0.25) is 0 Å². The molecule has 32 heavy (non-hydrogen) atoms. The number of para-hydroxylation sites is 2. The molecule has 0 bridgehead atoms. The van der Waals surface area contributed by atoms with E-state index in [9.17, 15) is 4.79 Å². The van der Waals surface area contributed by atoms with Gasteiger partial charge in [0.2, 0.25) is 0 Å². The number of fused-ring (bicyclic) bond motifs is 1. The fourth-order valence-corrected chi connectivity index (χ4v) is 4.72. The molecule has 2 aromatic carbocycles. The van der Waals surface area contributed by atoms with E-state index < -0.39 is 0 Å². The average Bonchev–Trinajstić information content (AvgIpc) is 3.52. The molecule has 1 aliphatic rings. The molecule has 1 aliphatic heterocycles. The number of hydrogen-bond acceptors (Lipinski definition) is 5. The SMILES string of the molecule is O=C(NCc1ccnc(N2CCCC2)c1)c1ccc(CSc2nc3ccccc3[nH]2)cc1. The summed E-state index contributed by atoms with van der Waals surface area (Å²) in [7, 11) is 0. The number of carbonyl (C=O) groups is 1. The van der Waals surface area contributed by atoms with Gasteiger partial charge in [0, 0.05) is 37.1 Å². The Kier molecular flexibility index (Phi) is 6.07. The van der Waals surface area contributed by atoms with Gasteiger partial charge in [-0.15, -0.1) is 0 Å². The van der Waals surface area contributed by atoms with Gasteiger partial charge in [0.15, 0.2) is 5.16 Å². The number of amides is 1. The number of H-pyrrole nitrogens is 1. The Morgan fingerprint density at radius 3 is 2.66 bits per heavy atom. The number of benzene rings is 2. The van der Waals surface area contributed by atoms with E-state index in [1.54, 1.807) is 11.8 Å². The maximum atomic E-state index is 12.6. The number of anilines is 1. The molecule has 1 amide bonds. The lowest BCUT2D eigenvalue weighted by molar-refractivity contribution is 0.0951. The van der Waals surface area contributed by atoms with Crippen LogP contribution in [0.3, 0.4) is 0 Å². The van der Waals surface area contributed by atoms with E-state index in [2.05, 4.69) is 31.2 Å². The molecule has 1 saturated heterocycles. The molecule has 6 nitrogen and oxygen atoms in total. The van der Waals surface area contributed by atoms with Gasteiger partial charge < -0.3 is 15.2 Å². The Hall–Kier alpha value is -3.32. The molecule has 2 N–H and O–H groups in total. The molecule has 0 unspecified atom stereocenters. The number of aromatic amines is 1. The van der Waals surface area contributed by atoms with Crippen LogP contribution in [0.1, 0.15) is 34.3 Å². The van der Waals surface area contributed by atoms with Gasteiger partial charge in [-0.1, -0.05) is 36.0 Å². The number of imidazole rings is 1. The maximum absolute atomic E-state index is 12.6. The lowest BCUT2D eigenvalue weighted by Crippen LogP contribution is -2.23. The monoisotopic (exact) mass is 443 g/mol. The van der Waals surface area contributed by atoms with Gasteiger partial charge in [0.1, 0.15) is 5.82 Å². The molecule has 162 valence electrons. The zero-order chi connectivity index (χ0) is 21.8. The van der Waals surface area contributed by atoms with Crippen molar-refractivity contribution in [3.05, 3.63) is 83.6 Å². The zero-order valence-corrected chi connectivity index (χ0v) is 18.6. The number of nitrogens with zero attached hydrogens (tertiary/aromatic N) is 3. The van der Waals surface area contributed by atoms with Crippen LogP contribution in [0.25, 0.3) is 11.0 Å². The number of nitrogens with one attached hydrogen (secondary N) is 2. The van der Waals surface area contributed by atoms with E-state index in [4.69, 9.17) is 0 Å². The van der Waals surface area contributed by atoms with Crippen LogP contribution in [0.4, 0.5) is 5.82 Å². The first kappa shape index (κ1) is 20.6. The van der Waals surface area contributed by atoms with Crippen molar-refractivity contribution in [3.63, 3.8) is 0 Å². The number of pyridine rings is 1. The predicted molar refractivity (Wildman–Crippen MR) is 129 cm³/mol. The van der Waals surface area contributed by atoms with Crippen molar-refractivity contribution >= 4 is 34.5 Å². The third-order valence-corrected chi connectivity index (χ3v) is 6.60. The average molecular weight is 444 g/mol. The smallest absolute Gasteiger partial charge is 0.251 e. The Bertz CT molecular complexity index is 1180. The standard InChI is InChI=1S/C25H25N5OS/c31-24(27-16-19-11-12-26-23(15-19)30-13-3-4-14-30)20-9-7-18(8-10-20)17-32-25-28-21-5-1-2-6-22(21)29-25/h1-2,5-12,15H,3-4,13-14,16-17H2,(H,27,31)(H,28,29). The van der Waals surface area contributed by atoms with E-state index in [1.165, 1.54) is 12.8 Å². The highest BCUT2D eigenvalue weighted by Crippen LogP contribution is 2.23. The predicted octanol–water partition coefficient (Wildman–Crippen LogP) is 4.78. The summed E-state index contributed by atoms with van der Waals surface area (Å²) >= 11 is 1.66. The molecule has 7 heteroatoms. The highest BCUT2D eigenvalue weighted by atomic mass is 32.2. The molecule has 3 heterocycles. The summed E-state index contributed by atoms with van der Waals surface area (Å²) in [6, 6.07) is 19.8. The van der Waals surface area contributed by atoms with E-state index >= 15 is 0 Å². The first-order valence-corrected chi connectivity index (χ1v) is 11.9. The van der Waals surface area contributed by atoms with E-state index in [0.29, 0.717) is 12.1 Å². The summed E-state index contributed by atoms with van der Waals surface area (Å²) < 4.78 is 0. The Morgan fingerprint density at radius 1 is 1.03 bits per heavy atom. The molecular weight excluding hydrogens is 418 g/mol. The molecular formula is C25H25N5OS. The number of aromatic nitrogens is 3. The number of thioether (sulfide) groups is 1. The Labute approximate surface area is 191 Å². The van der Waals surface area contributed by atoms with Crippen molar-refractivity contribution < 1.29 is 4.79 Å². The highest BCUT2D eigenvalue weighted by Gasteiger charge is 2.14. The molecule has 2 aromatic heterocycles. The van der Waals surface area contributed by atoms with Crippen LogP contribution in [0, 0.1) is 0 Å². The van der Waals surface area contributed by atoms with Crippen LogP contribution < -0.4 is 10.2 Å². The molecule has 0 atom stereocenters. The zero-order valence-electron chi connectivity index (χ0n) is 17.8. The lowest BCUT2D eigenvalue weighted by Gasteiger charge is -2.17. The number of hydrogen-bond donors (Lipinski definition) is 2. The second-order valence-corrected chi connectivity index (χ2v) is 8.91. The van der Waals surface area contributed by atoms with Crippen LogP contribution in [0.5, 0.6) is 0 Å². The van der Waals surface area contributed by atoms with Crippen LogP contribution >= 0.6 is 11.8 Å². The van der Waals surface area contributed by atoms with Crippen LogP contribution in [-0.4, -0.2) is 33.9 Å². The third kappa shape index (κ3) is 4.78. The van der Waals surface area contributed by atoms with Gasteiger partial charge in [-0.05, 0) is 60.4 Å². The fourth-order valence-electron chi connectivity index (χ4n) is 3.88. The maximum Gasteiger partial charge on any atom is 0.251 e. The molecule has 0 radical (unpaired) electrons. The first-order chi connectivity index (χ1) is 15.7. The second kappa shape index (κ2) is 9.44. The molecule has 0 aliphatic carbocycles. The minimum Gasteiger partial charge on any atom is -0.357 e. The topological polar surface area (TPSA) is 73.9 Å². The lowest BCUT2D eigenvalue weighted by atomic mass is 10.1. The van der Waals surface area contributed by atoms with Crippen LogP contribution in [0.15, 0.2) is 72.0 Å². The number of rotatable bonds is 7. The quantitative estimate of drug-likeness (QED) is 0.402. The van der Waals surface area contributed by atoms with Crippen molar-refractivity contribution in [1.29, 1.82) is 0 Å².